The van der Waals surface area contributed by atoms with E-state index in [-0.39, 0.29) is 18.6 Å². The lowest BCUT2D eigenvalue weighted by Crippen LogP contribution is -2.56. The number of rotatable bonds is 5. The van der Waals surface area contributed by atoms with E-state index >= 15 is 0 Å². The largest absolute Gasteiger partial charge is 0.489 e. The minimum absolute atomic E-state index is 0.101. The van der Waals surface area contributed by atoms with E-state index in [0.717, 1.165) is 33.3 Å². The second-order valence-electron chi connectivity index (χ2n) is 8.34. The molecule has 1 aliphatic heterocycles. The molecule has 0 N–H and O–H groups in total. The average Bonchev–Trinajstić information content (AvgIpc) is 2.82. The minimum Gasteiger partial charge on any atom is -0.489 e. The number of halogens is 1. The van der Waals surface area contributed by atoms with Gasteiger partial charge in [-0.3, -0.25) is 4.79 Å². The summed E-state index contributed by atoms with van der Waals surface area (Å²) in [7, 11) is 0. The van der Waals surface area contributed by atoms with Gasteiger partial charge in [-0.15, -0.1) is 11.6 Å². The zero-order chi connectivity index (χ0) is 23.1. The van der Waals surface area contributed by atoms with Gasteiger partial charge in [0.15, 0.2) is 0 Å². The van der Waals surface area contributed by atoms with Crippen LogP contribution in [0.15, 0.2) is 82.0 Å². The first-order chi connectivity index (χ1) is 15.9. The Morgan fingerprint density at radius 1 is 0.909 bits per heavy atom. The number of benzene rings is 3. The molecule has 1 fully saturated rings. The normalized spacial score (nSPS) is 17.8. The molecule has 1 saturated heterocycles. The highest BCUT2D eigenvalue weighted by molar-refractivity contribution is 6.37. The van der Waals surface area contributed by atoms with Crippen LogP contribution in [0.4, 0.5) is 5.69 Å². The second kappa shape index (κ2) is 8.41. The molecule has 4 aromatic rings. The first-order valence-corrected chi connectivity index (χ1v) is 11.1. The van der Waals surface area contributed by atoms with E-state index in [4.69, 9.17) is 20.8 Å². The van der Waals surface area contributed by atoms with Crippen molar-refractivity contribution < 1.29 is 13.9 Å². The Hall–Kier alpha value is -3.57. The number of carbonyl (C=O) groups excluding carboxylic acids is 1. The first kappa shape index (κ1) is 21.3. The third-order valence-corrected chi connectivity index (χ3v) is 6.37. The highest BCUT2D eigenvalue weighted by atomic mass is 35.5. The number of alkyl halides is 1. The summed E-state index contributed by atoms with van der Waals surface area (Å²) in [5.74, 6) is 0.558. The van der Waals surface area contributed by atoms with Crippen molar-refractivity contribution in [3.05, 3.63) is 105 Å². The Kier molecular flexibility index (Phi) is 5.43. The van der Waals surface area contributed by atoms with E-state index in [0.29, 0.717) is 11.3 Å². The fourth-order valence-electron chi connectivity index (χ4n) is 4.15. The van der Waals surface area contributed by atoms with Crippen molar-refractivity contribution >= 4 is 34.2 Å². The Morgan fingerprint density at radius 2 is 1.61 bits per heavy atom. The summed E-state index contributed by atoms with van der Waals surface area (Å²) in [6, 6.07) is 22.3. The van der Waals surface area contributed by atoms with Gasteiger partial charge in [-0.2, -0.15) is 0 Å². The van der Waals surface area contributed by atoms with Crippen molar-refractivity contribution in [2.75, 3.05) is 4.90 Å². The summed E-state index contributed by atoms with van der Waals surface area (Å²) in [5.41, 5.74) is 4.88. The predicted octanol–water partition coefficient (Wildman–Crippen LogP) is 5.68. The van der Waals surface area contributed by atoms with Gasteiger partial charge >= 0.3 is 5.63 Å². The number of fused-ring (bicyclic) bond motifs is 1. The maximum absolute atomic E-state index is 12.5. The molecule has 33 heavy (non-hydrogen) atoms. The second-order valence-corrected chi connectivity index (χ2v) is 8.81. The zero-order valence-corrected chi connectivity index (χ0v) is 19.0. The van der Waals surface area contributed by atoms with Crippen LogP contribution in [-0.2, 0) is 11.4 Å². The molecule has 2 unspecified atom stereocenters. The maximum atomic E-state index is 12.5. The highest BCUT2D eigenvalue weighted by Crippen LogP contribution is 2.42. The lowest BCUT2D eigenvalue weighted by atomic mass is 9.92. The number of hydrogen-bond acceptors (Lipinski definition) is 4. The SMILES string of the molecule is Cc1ccc(N2C(=O)C(Cl)C2c2ccc(OCc3cc(=O)oc4ccc(C)cc34)cc2)cc1. The fraction of sp³-hybridized carbons (Fsp3) is 0.185. The number of hydrogen-bond donors (Lipinski definition) is 0. The van der Waals surface area contributed by atoms with E-state index in [1.807, 2.05) is 74.5 Å². The Balaban J connectivity index is 1.35. The van der Waals surface area contributed by atoms with Crippen molar-refractivity contribution in [2.45, 2.75) is 31.9 Å². The molecule has 0 bridgehead atoms. The average molecular weight is 460 g/mol. The molecule has 5 rings (SSSR count). The van der Waals surface area contributed by atoms with Gasteiger partial charge in [0.05, 0.1) is 6.04 Å². The van der Waals surface area contributed by atoms with Gasteiger partial charge in [-0.25, -0.2) is 4.79 Å². The van der Waals surface area contributed by atoms with Gasteiger partial charge in [-0.05, 0) is 55.8 Å². The molecule has 0 aliphatic carbocycles. The monoisotopic (exact) mass is 459 g/mol. The topological polar surface area (TPSA) is 59.8 Å². The molecule has 3 aromatic carbocycles. The molecule has 1 aliphatic rings. The van der Waals surface area contributed by atoms with E-state index in [9.17, 15) is 9.59 Å². The van der Waals surface area contributed by atoms with Crippen molar-refractivity contribution in [1.29, 1.82) is 0 Å². The summed E-state index contributed by atoms with van der Waals surface area (Å²) >= 11 is 6.38. The number of aryl methyl sites for hydroxylation is 2. The Morgan fingerprint density at radius 3 is 2.33 bits per heavy atom. The standard InChI is InChI=1S/C27H22ClNO4/c1-16-3-8-20(9-4-16)29-26(25(28)27(29)31)18-6-10-21(11-7-18)32-15-19-14-24(30)33-23-12-5-17(2)13-22(19)23/h3-14,25-26H,15H2,1-2H3. The molecule has 0 saturated carbocycles. The molecular weight excluding hydrogens is 438 g/mol. The van der Waals surface area contributed by atoms with Crippen LogP contribution >= 0.6 is 11.6 Å². The molecule has 2 atom stereocenters. The zero-order valence-electron chi connectivity index (χ0n) is 18.2. The van der Waals surface area contributed by atoms with Crippen molar-refractivity contribution in [3.8, 4) is 5.75 Å². The van der Waals surface area contributed by atoms with E-state index in [1.165, 1.54) is 6.07 Å². The predicted molar refractivity (Wildman–Crippen MR) is 129 cm³/mol. The summed E-state index contributed by atoms with van der Waals surface area (Å²) in [6.07, 6.45) is 0. The molecular formula is C27H22ClNO4. The molecule has 1 aromatic heterocycles. The number of amides is 1. The molecule has 6 heteroatoms. The van der Waals surface area contributed by atoms with Gasteiger partial charge in [-0.1, -0.05) is 41.5 Å². The summed E-state index contributed by atoms with van der Waals surface area (Å²) in [5, 5.41) is 0.258. The van der Waals surface area contributed by atoms with Crippen LogP contribution in [0.2, 0.25) is 0 Å². The maximum Gasteiger partial charge on any atom is 0.336 e. The quantitative estimate of drug-likeness (QED) is 0.219. The first-order valence-electron chi connectivity index (χ1n) is 10.7. The van der Waals surface area contributed by atoms with Crippen LogP contribution in [0, 0.1) is 13.8 Å². The van der Waals surface area contributed by atoms with Crippen LogP contribution in [0.25, 0.3) is 11.0 Å². The molecule has 5 nitrogen and oxygen atoms in total. The third-order valence-electron chi connectivity index (χ3n) is 5.94. The minimum atomic E-state index is -0.601. The summed E-state index contributed by atoms with van der Waals surface area (Å²) in [4.78, 5) is 26.1. The summed E-state index contributed by atoms with van der Waals surface area (Å²) < 4.78 is 11.2. The Bertz CT molecular complexity index is 1390. The fourth-order valence-corrected chi connectivity index (χ4v) is 4.51. The third kappa shape index (κ3) is 4.00. The van der Waals surface area contributed by atoms with Crippen LogP contribution < -0.4 is 15.3 Å². The molecule has 0 spiro atoms. The van der Waals surface area contributed by atoms with Gasteiger partial charge in [0, 0.05) is 22.7 Å². The van der Waals surface area contributed by atoms with E-state index < -0.39 is 11.0 Å². The van der Waals surface area contributed by atoms with E-state index in [2.05, 4.69) is 0 Å². The molecule has 1 amide bonds. The number of anilines is 1. The lowest BCUT2D eigenvalue weighted by molar-refractivity contribution is -0.123. The Labute approximate surface area is 196 Å². The van der Waals surface area contributed by atoms with Crippen LogP contribution in [-0.4, -0.2) is 11.3 Å². The van der Waals surface area contributed by atoms with Gasteiger partial charge in [0.1, 0.15) is 23.3 Å². The lowest BCUT2D eigenvalue weighted by Gasteiger charge is -2.44. The number of carbonyl (C=O) groups is 1. The number of nitrogens with zero attached hydrogens (tertiary/aromatic N) is 1. The van der Waals surface area contributed by atoms with Crippen LogP contribution in [0.1, 0.15) is 28.3 Å². The van der Waals surface area contributed by atoms with Crippen molar-refractivity contribution in [2.24, 2.45) is 0 Å². The van der Waals surface area contributed by atoms with Gasteiger partial charge in [0.25, 0.3) is 0 Å². The van der Waals surface area contributed by atoms with Crippen LogP contribution in [0.5, 0.6) is 5.75 Å². The molecule has 166 valence electrons. The number of ether oxygens (including phenoxy) is 1. The highest BCUT2D eigenvalue weighted by Gasteiger charge is 2.47. The van der Waals surface area contributed by atoms with Gasteiger partial charge in [0.2, 0.25) is 5.91 Å². The molecule has 2 heterocycles. The number of β-lactam (4-membered cyclic amide) rings is 1. The summed E-state index contributed by atoms with van der Waals surface area (Å²) in [6.45, 7) is 4.23. The van der Waals surface area contributed by atoms with Crippen molar-refractivity contribution in [1.82, 2.24) is 0 Å². The smallest absolute Gasteiger partial charge is 0.336 e. The molecule has 0 radical (unpaired) electrons. The van der Waals surface area contributed by atoms with Gasteiger partial charge < -0.3 is 14.1 Å². The van der Waals surface area contributed by atoms with E-state index in [1.54, 1.807) is 11.0 Å². The van der Waals surface area contributed by atoms with Crippen molar-refractivity contribution in [3.63, 3.8) is 0 Å². The van der Waals surface area contributed by atoms with Crippen LogP contribution in [0.3, 0.4) is 0 Å².